The third kappa shape index (κ3) is 4.46. The molecular formula is C23H21N5O2S. The van der Waals surface area contributed by atoms with E-state index < -0.39 is 0 Å². The second-order valence-corrected chi connectivity index (χ2v) is 8.16. The van der Waals surface area contributed by atoms with Crippen LogP contribution in [0.2, 0.25) is 0 Å². The number of thiazole rings is 1. The van der Waals surface area contributed by atoms with Crippen molar-refractivity contribution in [2.45, 2.75) is 6.54 Å². The number of para-hydroxylation sites is 1. The molecule has 0 bridgehead atoms. The van der Waals surface area contributed by atoms with Crippen LogP contribution in [0.1, 0.15) is 16.1 Å². The quantitative estimate of drug-likeness (QED) is 0.517. The maximum atomic E-state index is 13.2. The fourth-order valence-electron chi connectivity index (χ4n) is 3.62. The minimum Gasteiger partial charge on any atom is -0.379 e. The van der Waals surface area contributed by atoms with Gasteiger partial charge in [-0.1, -0.05) is 18.2 Å². The first-order chi connectivity index (χ1) is 15.3. The zero-order valence-corrected chi connectivity index (χ0v) is 17.6. The number of morpholine rings is 1. The normalized spacial score (nSPS) is 14.6. The molecule has 5 rings (SSSR count). The number of aromatic nitrogens is 3. The summed E-state index contributed by atoms with van der Waals surface area (Å²) in [6.07, 6.45) is 3.46. The smallest absolute Gasteiger partial charge is 0.258 e. The SMILES string of the molecule is O=C(Nc1nc(CN2CCOCC2)cs1)c1cc(-c2cccnc2)nc2ccccc12. The van der Waals surface area contributed by atoms with Gasteiger partial charge in [0, 0.05) is 48.4 Å². The lowest BCUT2D eigenvalue weighted by Crippen LogP contribution is -2.35. The lowest BCUT2D eigenvalue weighted by Gasteiger charge is -2.25. The molecule has 4 heterocycles. The fraction of sp³-hybridized carbons (Fsp3) is 0.217. The van der Waals surface area contributed by atoms with Crippen LogP contribution in [0.5, 0.6) is 0 Å². The summed E-state index contributed by atoms with van der Waals surface area (Å²) in [6.45, 7) is 4.07. The molecule has 1 N–H and O–H groups in total. The monoisotopic (exact) mass is 431 g/mol. The number of rotatable bonds is 5. The van der Waals surface area contributed by atoms with E-state index in [1.165, 1.54) is 11.3 Å². The maximum absolute atomic E-state index is 13.2. The Hall–Kier alpha value is -3.20. The van der Waals surface area contributed by atoms with Crippen molar-refractivity contribution in [2.24, 2.45) is 0 Å². The van der Waals surface area contributed by atoms with E-state index in [1.807, 2.05) is 47.8 Å². The highest BCUT2D eigenvalue weighted by Gasteiger charge is 2.17. The topological polar surface area (TPSA) is 80.2 Å². The first kappa shape index (κ1) is 19.7. The summed E-state index contributed by atoms with van der Waals surface area (Å²) in [4.78, 5) is 29.0. The molecule has 31 heavy (non-hydrogen) atoms. The van der Waals surface area contributed by atoms with Crippen molar-refractivity contribution in [3.05, 3.63) is 71.5 Å². The van der Waals surface area contributed by atoms with Crippen molar-refractivity contribution in [3.63, 3.8) is 0 Å². The Morgan fingerprint density at radius 1 is 1.13 bits per heavy atom. The number of nitrogens with zero attached hydrogens (tertiary/aromatic N) is 4. The standard InChI is InChI=1S/C23H21N5O2S/c29-22(27-23-25-17(15-31-23)14-28-8-10-30-11-9-28)19-12-21(16-4-3-7-24-13-16)26-20-6-2-1-5-18(19)20/h1-7,12-13,15H,8-11,14H2,(H,25,27,29). The van der Waals surface area contributed by atoms with E-state index in [0.717, 1.165) is 55.0 Å². The predicted octanol–water partition coefficient (Wildman–Crippen LogP) is 3.84. The van der Waals surface area contributed by atoms with E-state index in [1.54, 1.807) is 12.4 Å². The molecule has 1 aromatic carbocycles. The van der Waals surface area contributed by atoms with Crippen LogP contribution in [-0.2, 0) is 11.3 Å². The first-order valence-electron chi connectivity index (χ1n) is 10.1. The number of fused-ring (bicyclic) bond motifs is 1. The van der Waals surface area contributed by atoms with Crippen LogP contribution < -0.4 is 5.32 Å². The molecule has 1 saturated heterocycles. The fourth-order valence-corrected chi connectivity index (χ4v) is 4.31. The first-order valence-corrected chi connectivity index (χ1v) is 11.0. The average molecular weight is 432 g/mol. The Labute approximate surface area is 183 Å². The van der Waals surface area contributed by atoms with Crippen molar-refractivity contribution in [1.82, 2.24) is 19.9 Å². The highest BCUT2D eigenvalue weighted by molar-refractivity contribution is 7.14. The molecule has 0 aliphatic carbocycles. The summed E-state index contributed by atoms with van der Waals surface area (Å²) in [7, 11) is 0. The van der Waals surface area contributed by atoms with Crippen molar-refractivity contribution in [3.8, 4) is 11.3 Å². The molecule has 1 aliphatic rings. The highest BCUT2D eigenvalue weighted by Crippen LogP contribution is 2.26. The zero-order chi connectivity index (χ0) is 21.0. The van der Waals surface area contributed by atoms with E-state index in [2.05, 4.69) is 20.2 Å². The maximum Gasteiger partial charge on any atom is 0.258 e. The van der Waals surface area contributed by atoms with Gasteiger partial charge in [0.1, 0.15) is 0 Å². The van der Waals surface area contributed by atoms with Crippen LogP contribution in [0.25, 0.3) is 22.2 Å². The number of nitrogens with one attached hydrogen (secondary N) is 1. The molecule has 3 aromatic heterocycles. The number of ether oxygens (including phenoxy) is 1. The van der Waals surface area contributed by atoms with E-state index in [-0.39, 0.29) is 5.91 Å². The summed E-state index contributed by atoms with van der Waals surface area (Å²) in [5, 5.41) is 6.36. The molecule has 8 heteroatoms. The molecule has 1 amide bonds. The third-order valence-corrected chi connectivity index (χ3v) is 5.99. The number of anilines is 1. The third-order valence-electron chi connectivity index (χ3n) is 5.18. The number of hydrogen-bond acceptors (Lipinski definition) is 7. The van der Waals surface area contributed by atoms with E-state index in [9.17, 15) is 4.79 Å². The van der Waals surface area contributed by atoms with Gasteiger partial charge in [-0.25, -0.2) is 9.97 Å². The van der Waals surface area contributed by atoms with Crippen molar-refractivity contribution >= 4 is 33.3 Å². The van der Waals surface area contributed by atoms with Gasteiger partial charge in [-0.05, 0) is 24.3 Å². The van der Waals surface area contributed by atoms with Gasteiger partial charge >= 0.3 is 0 Å². The predicted molar refractivity (Wildman–Crippen MR) is 121 cm³/mol. The Balaban J connectivity index is 1.40. The van der Waals surface area contributed by atoms with Gasteiger partial charge in [0.15, 0.2) is 5.13 Å². The second kappa shape index (κ2) is 8.89. The summed E-state index contributed by atoms with van der Waals surface area (Å²) >= 11 is 1.44. The van der Waals surface area contributed by atoms with Gasteiger partial charge in [0.05, 0.1) is 35.7 Å². The van der Waals surface area contributed by atoms with Crippen molar-refractivity contribution in [2.75, 3.05) is 31.6 Å². The molecule has 0 spiro atoms. The van der Waals surface area contributed by atoms with Gasteiger partial charge in [-0.2, -0.15) is 0 Å². The number of amides is 1. The van der Waals surface area contributed by atoms with Gasteiger partial charge in [-0.15, -0.1) is 11.3 Å². The summed E-state index contributed by atoms with van der Waals surface area (Å²) in [6, 6.07) is 13.3. The number of carbonyl (C=O) groups excluding carboxylic acids is 1. The van der Waals surface area contributed by atoms with Crippen LogP contribution in [0.4, 0.5) is 5.13 Å². The molecule has 7 nitrogen and oxygen atoms in total. The van der Waals surface area contributed by atoms with Crippen LogP contribution in [0.3, 0.4) is 0 Å². The number of hydrogen-bond donors (Lipinski definition) is 1. The van der Waals surface area contributed by atoms with E-state index in [4.69, 9.17) is 9.72 Å². The van der Waals surface area contributed by atoms with Crippen molar-refractivity contribution < 1.29 is 9.53 Å². The number of carbonyl (C=O) groups is 1. The molecule has 1 aliphatic heterocycles. The zero-order valence-electron chi connectivity index (χ0n) is 16.8. The largest absolute Gasteiger partial charge is 0.379 e. The number of pyridine rings is 2. The lowest BCUT2D eigenvalue weighted by molar-refractivity contribution is 0.0337. The van der Waals surface area contributed by atoms with Gasteiger partial charge in [0.2, 0.25) is 0 Å². The molecule has 4 aromatic rings. The van der Waals surface area contributed by atoms with Crippen LogP contribution in [-0.4, -0.2) is 52.1 Å². The van der Waals surface area contributed by atoms with Crippen LogP contribution in [0, 0.1) is 0 Å². The Kier molecular flexibility index (Phi) is 5.66. The molecular weight excluding hydrogens is 410 g/mol. The Bertz CT molecular complexity index is 1210. The Morgan fingerprint density at radius 3 is 2.84 bits per heavy atom. The van der Waals surface area contributed by atoms with Gasteiger partial charge in [-0.3, -0.25) is 20.0 Å². The average Bonchev–Trinajstić information content (AvgIpc) is 3.26. The molecule has 156 valence electrons. The minimum atomic E-state index is -0.198. The molecule has 0 atom stereocenters. The van der Waals surface area contributed by atoms with Crippen molar-refractivity contribution in [1.29, 1.82) is 0 Å². The molecule has 0 saturated carbocycles. The van der Waals surface area contributed by atoms with E-state index in [0.29, 0.717) is 16.4 Å². The molecule has 1 fully saturated rings. The summed E-state index contributed by atoms with van der Waals surface area (Å²) in [5.74, 6) is -0.198. The molecule has 0 radical (unpaired) electrons. The van der Waals surface area contributed by atoms with Crippen LogP contribution >= 0.6 is 11.3 Å². The van der Waals surface area contributed by atoms with Gasteiger partial charge < -0.3 is 4.74 Å². The van der Waals surface area contributed by atoms with Crippen LogP contribution in [0.15, 0.2) is 60.2 Å². The summed E-state index contributed by atoms with van der Waals surface area (Å²) in [5.41, 5.74) is 3.86. The molecule has 0 unspecified atom stereocenters. The van der Waals surface area contributed by atoms with Gasteiger partial charge in [0.25, 0.3) is 5.91 Å². The summed E-state index contributed by atoms with van der Waals surface area (Å²) < 4.78 is 5.40. The lowest BCUT2D eigenvalue weighted by atomic mass is 10.0. The minimum absolute atomic E-state index is 0.198. The second-order valence-electron chi connectivity index (χ2n) is 7.30. The number of benzene rings is 1. The highest BCUT2D eigenvalue weighted by atomic mass is 32.1. The Morgan fingerprint density at radius 2 is 2.00 bits per heavy atom. The van der Waals surface area contributed by atoms with E-state index >= 15 is 0 Å².